The molecule has 1 saturated heterocycles. The highest BCUT2D eigenvalue weighted by Crippen LogP contribution is 2.41. The van der Waals surface area contributed by atoms with E-state index in [1.54, 1.807) is 12.1 Å². The standard InChI is InChI=1S/C26H29FN4O4/c1-3-18-19(27)8-7-15-12-17(33)13-21(22(15)18)31-14-20-23(25(31)34)24(29-26(28-20)35-4-2)30-10-5-6-16(32)9-11-30/h7-8,12-13,16,32-33H,3-6,9-11,14H2,1-2H3. The van der Waals surface area contributed by atoms with Crippen molar-refractivity contribution < 1.29 is 24.1 Å². The number of amides is 1. The lowest BCUT2D eigenvalue weighted by molar-refractivity contribution is 0.0997. The molecule has 9 heteroatoms. The van der Waals surface area contributed by atoms with Crippen LogP contribution in [0.2, 0.25) is 0 Å². The smallest absolute Gasteiger partial charge is 0.318 e. The molecule has 2 aliphatic heterocycles. The number of aliphatic hydroxyl groups excluding tert-OH is 1. The Morgan fingerprint density at radius 1 is 1.17 bits per heavy atom. The number of carbonyl (C=O) groups is 1. The minimum atomic E-state index is -0.380. The number of ether oxygens (including phenoxy) is 1. The Bertz CT molecular complexity index is 1300. The Labute approximate surface area is 203 Å². The number of aryl methyl sites for hydroxylation is 1. The third-order valence-electron chi connectivity index (χ3n) is 6.76. The summed E-state index contributed by atoms with van der Waals surface area (Å²) in [6.45, 7) is 5.45. The molecule has 0 spiro atoms. The lowest BCUT2D eigenvalue weighted by Gasteiger charge is -2.24. The number of benzene rings is 2. The van der Waals surface area contributed by atoms with Crippen LogP contribution in [0.3, 0.4) is 0 Å². The molecule has 1 atom stereocenters. The van der Waals surface area contributed by atoms with Crippen LogP contribution in [0.5, 0.6) is 11.8 Å². The van der Waals surface area contributed by atoms with Gasteiger partial charge < -0.3 is 24.7 Å². The van der Waals surface area contributed by atoms with Crippen LogP contribution in [0.25, 0.3) is 10.8 Å². The van der Waals surface area contributed by atoms with E-state index in [9.17, 15) is 19.4 Å². The summed E-state index contributed by atoms with van der Waals surface area (Å²) in [4.78, 5) is 26.5. The van der Waals surface area contributed by atoms with E-state index in [0.29, 0.717) is 78.1 Å². The predicted octanol–water partition coefficient (Wildman–Crippen LogP) is 3.95. The molecule has 35 heavy (non-hydrogen) atoms. The van der Waals surface area contributed by atoms with Crippen molar-refractivity contribution in [2.24, 2.45) is 0 Å². The van der Waals surface area contributed by atoms with Gasteiger partial charge in [0, 0.05) is 24.5 Å². The highest BCUT2D eigenvalue weighted by Gasteiger charge is 2.37. The van der Waals surface area contributed by atoms with Crippen molar-refractivity contribution in [2.75, 3.05) is 29.5 Å². The molecule has 0 saturated carbocycles. The van der Waals surface area contributed by atoms with Crippen molar-refractivity contribution in [1.82, 2.24) is 9.97 Å². The van der Waals surface area contributed by atoms with Gasteiger partial charge in [-0.2, -0.15) is 9.97 Å². The average Bonchev–Trinajstić information content (AvgIpc) is 3.01. The number of hydrogen-bond donors (Lipinski definition) is 2. The zero-order valence-electron chi connectivity index (χ0n) is 19.9. The first-order chi connectivity index (χ1) is 16.9. The average molecular weight is 481 g/mol. The quantitative estimate of drug-likeness (QED) is 0.571. The number of halogens is 1. The number of carbonyl (C=O) groups excluding carboxylic acids is 1. The molecule has 0 aliphatic carbocycles. The zero-order valence-corrected chi connectivity index (χ0v) is 19.9. The number of phenols is 1. The number of fused-ring (bicyclic) bond motifs is 2. The van der Waals surface area contributed by atoms with Gasteiger partial charge in [0.25, 0.3) is 5.91 Å². The largest absolute Gasteiger partial charge is 0.508 e. The van der Waals surface area contributed by atoms with Gasteiger partial charge >= 0.3 is 6.01 Å². The number of phenolic OH excluding ortho intramolecular Hbond substituents is 1. The Balaban J connectivity index is 1.64. The van der Waals surface area contributed by atoms with Crippen LogP contribution in [0.4, 0.5) is 15.9 Å². The van der Waals surface area contributed by atoms with Gasteiger partial charge in [-0.3, -0.25) is 4.79 Å². The van der Waals surface area contributed by atoms with Gasteiger partial charge in [-0.05, 0) is 55.7 Å². The van der Waals surface area contributed by atoms with E-state index in [4.69, 9.17) is 4.74 Å². The molecule has 1 aromatic heterocycles. The van der Waals surface area contributed by atoms with E-state index >= 15 is 0 Å². The first-order valence-electron chi connectivity index (χ1n) is 12.1. The fraction of sp³-hybridized carbons (Fsp3) is 0.423. The number of anilines is 2. The fourth-order valence-electron chi connectivity index (χ4n) is 5.10. The molecular formula is C26H29FN4O4. The van der Waals surface area contributed by atoms with Crippen molar-refractivity contribution in [3.8, 4) is 11.8 Å². The first-order valence-corrected chi connectivity index (χ1v) is 12.1. The van der Waals surface area contributed by atoms with Gasteiger partial charge in [0.1, 0.15) is 22.9 Å². The van der Waals surface area contributed by atoms with Crippen LogP contribution in [0, 0.1) is 5.82 Å². The van der Waals surface area contributed by atoms with E-state index in [0.717, 1.165) is 6.42 Å². The van der Waals surface area contributed by atoms with Crippen molar-refractivity contribution in [2.45, 2.75) is 52.2 Å². The van der Waals surface area contributed by atoms with Crippen molar-refractivity contribution >= 4 is 28.2 Å². The third kappa shape index (κ3) is 4.14. The number of nitrogens with zero attached hydrogens (tertiary/aromatic N) is 4. The summed E-state index contributed by atoms with van der Waals surface area (Å²) in [6, 6.07) is 6.27. The van der Waals surface area contributed by atoms with Gasteiger partial charge in [0.05, 0.1) is 30.6 Å². The molecule has 3 heterocycles. The molecule has 2 aliphatic rings. The molecule has 8 nitrogen and oxygen atoms in total. The summed E-state index contributed by atoms with van der Waals surface area (Å²) in [7, 11) is 0. The van der Waals surface area contributed by atoms with Crippen molar-refractivity contribution in [3.63, 3.8) is 0 Å². The number of aliphatic hydroxyl groups is 1. The Kier molecular flexibility index (Phi) is 6.19. The molecule has 2 N–H and O–H groups in total. The number of aromatic nitrogens is 2. The summed E-state index contributed by atoms with van der Waals surface area (Å²) in [5.74, 6) is -0.168. The monoisotopic (exact) mass is 480 g/mol. The first kappa shape index (κ1) is 23.3. The van der Waals surface area contributed by atoms with E-state index in [1.165, 1.54) is 17.0 Å². The molecule has 3 aromatic rings. The van der Waals surface area contributed by atoms with E-state index in [2.05, 4.69) is 9.97 Å². The Morgan fingerprint density at radius 3 is 2.77 bits per heavy atom. The van der Waals surface area contributed by atoms with Crippen LogP contribution in [0.15, 0.2) is 24.3 Å². The second kappa shape index (κ2) is 9.30. The molecule has 1 amide bonds. The highest BCUT2D eigenvalue weighted by atomic mass is 19.1. The van der Waals surface area contributed by atoms with Gasteiger partial charge in [-0.25, -0.2) is 4.39 Å². The molecule has 184 valence electrons. The second-order valence-corrected chi connectivity index (χ2v) is 8.99. The highest BCUT2D eigenvalue weighted by molar-refractivity contribution is 6.16. The maximum Gasteiger partial charge on any atom is 0.318 e. The molecule has 1 unspecified atom stereocenters. The van der Waals surface area contributed by atoms with Crippen LogP contribution in [0.1, 0.15) is 54.7 Å². The van der Waals surface area contributed by atoms with Gasteiger partial charge in [0.15, 0.2) is 0 Å². The van der Waals surface area contributed by atoms with Gasteiger partial charge in [-0.1, -0.05) is 13.0 Å². The maximum atomic E-state index is 14.7. The van der Waals surface area contributed by atoms with Crippen LogP contribution in [-0.4, -0.2) is 51.9 Å². The van der Waals surface area contributed by atoms with Crippen LogP contribution >= 0.6 is 0 Å². The molecular weight excluding hydrogens is 451 g/mol. The molecule has 0 bridgehead atoms. The molecule has 5 rings (SSSR count). The lowest BCUT2D eigenvalue weighted by Crippen LogP contribution is -2.29. The topological polar surface area (TPSA) is 99.0 Å². The summed E-state index contributed by atoms with van der Waals surface area (Å²) in [5.41, 5.74) is 1.84. The van der Waals surface area contributed by atoms with Gasteiger partial charge in [0.2, 0.25) is 0 Å². The van der Waals surface area contributed by atoms with Crippen molar-refractivity contribution in [3.05, 3.63) is 46.9 Å². The molecule has 1 fully saturated rings. The summed E-state index contributed by atoms with van der Waals surface area (Å²) >= 11 is 0. The summed E-state index contributed by atoms with van der Waals surface area (Å²) in [5, 5.41) is 21.8. The Hall–Kier alpha value is -3.46. The number of aromatic hydroxyl groups is 1. The minimum absolute atomic E-state index is 0.00673. The molecule has 2 aromatic carbocycles. The zero-order chi connectivity index (χ0) is 24.7. The van der Waals surface area contributed by atoms with Gasteiger partial charge in [-0.15, -0.1) is 0 Å². The van der Waals surface area contributed by atoms with Crippen molar-refractivity contribution in [1.29, 1.82) is 0 Å². The predicted molar refractivity (Wildman–Crippen MR) is 131 cm³/mol. The lowest BCUT2D eigenvalue weighted by atomic mass is 9.99. The van der Waals surface area contributed by atoms with Crippen LogP contribution in [-0.2, 0) is 13.0 Å². The SMILES string of the molecule is CCOc1nc2c(c(N3CCCC(O)CC3)n1)C(=O)N(c1cc(O)cc3ccc(F)c(CC)c13)C2. The van der Waals surface area contributed by atoms with E-state index < -0.39 is 0 Å². The number of rotatable bonds is 5. The fourth-order valence-corrected chi connectivity index (χ4v) is 5.10. The third-order valence-corrected chi connectivity index (χ3v) is 6.76. The van der Waals surface area contributed by atoms with Crippen LogP contribution < -0.4 is 14.5 Å². The second-order valence-electron chi connectivity index (χ2n) is 8.99. The van der Waals surface area contributed by atoms with E-state index in [1.807, 2.05) is 18.7 Å². The maximum absolute atomic E-state index is 14.7. The number of hydrogen-bond acceptors (Lipinski definition) is 7. The molecule has 0 radical (unpaired) electrons. The summed E-state index contributed by atoms with van der Waals surface area (Å²) in [6.07, 6.45) is 2.11. The van der Waals surface area contributed by atoms with E-state index in [-0.39, 0.29) is 36.1 Å². The Morgan fingerprint density at radius 2 is 2.00 bits per heavy atom. The minimum Gasteiger partial charge on any atom is -0.508 e. The normalized spacial score (nSPS) is 18.2. The summed E-state index contributed by atoms with van der Waals surface area (Å²) < 4.78 is 20.3.